The summed E-state index contributed by atoms with van der Waals surface area (Å²) in [6, 6.07) is 18.2. The topological polar surface area (TPSA) is 79.4 Å². The minimum absolute atomic E-state index is 0.195. The number of amides is 1. The van der Waals surface area contributed by atoms with Crippen molar-refractivity contribution in [3.63, 3.8) is 0 Å². The fourth-order valence-corrected chi connectivity index (χ4v) is 4.27. The van der Waals surface area contributed by atoms with Crippen molar-refractivity contribution in [3.05, 3.63) is 94.8 Å². The van der Waals surface area contributed by atoms with Crippen molar-refractivity contribution in [2.75, 3.05) is 10.6 Å². The number of pyridine rings is 1. The van der Waals surface area contributed by atoms with Gasteiger partial charge in [0.1, 0.15) is 0 Å². The van der Waals surface area contributed by atoms with E-state index in [1.807, 2.05) is 50.2 Å². The number of rotatable bonds is 7. The number of hydrogen-bond donors (Lipinski definition) is 1. The summed E-state index contributed by atoms with van der Waals surface area (Å²) in [7, 11) is -3.48. The second-order valence-corrected chi connectivity index (χ2v) is 9.12. The quantitative estimate of drug-likeness (QED) is 0.630. The minimum atomic E-state index is -3.48. The third-order valence-electron chi connectivity index (χ3n) is 4.79. The lowest BCUT2D eigenvalue weighted by Gasteiger charge is -2.26. The molecule has 0 saturated carbocycles. The van der Waals surface area contributed by atoms with Gasteiger partial charge in [-0.2, -0.15) is 0 Å². The zero-order valence-electron chi connectivity index (χ0n) is 17.3. The van der Waals surface area contributed by atoms with E-state index in [2.05, 4.69) is 10.3 Å². The average Bonchev–Trinajstić information content (AvgIpc) is 2.71. The van der Waals surface area contributed by atoms with E-state index in [1.54, 1.807) is 30.5 Å². The van der Waals surface area contributed by atoms with Gasteiger partial charge in [0, 0.05) is 11.8 Å². The summed E-state index contributed by atoms with van der Waals surface area (Å²) in [5, 5.41) is 2.83. The van der Waals surface area contributed by atoms with Crippen LogP contribution in [0.2, 0.25) is 0 Å². The summed E-state index contributed by atoms with van der Waals surface area (Å²) < 4.78 is 26.4. The molecule has 0 fully saturated rings. The number of hydrogen-bond acceptors (Lipinski definition) is 4. The average molecular weight is 424 g/mol. The molecule has 30 heavy (non-hydrogen) atoms. The van der Waals surface area contributed by atoms with Crippen molar-refractivity contribution in [2.45, 2.75) is 26.9 Å². The number of para-hydroxylation sites is 1. The number of aromatic nitrogens is 1. The van der Waals surface area contributed by atoms with Crippen LogP contribution in [0.4, 0.5) is 5.69 Å². The highest BCUT2D eigenvalue weighted by molar-refractivity contribution is 7.92. The first-order chi connectivity index (χ1) is 14.3. The van der Waals surface area contributed by atoms with E-state index < -0.39 is 10.0 Å². The van der Waals surface area contributed by atoms with Crippen LogP contribution in [0.25, 0.3) is 0 Å². The molecule has 0 bridgehead atoms. The Hall–Kier alpha value is -3.19. The van der Waals surface area contributed by atoms with Gasteiger partial charge >= 0.3 is 0 Å². The van der Waals surface area contributed by atoms with Crippen molar-refractivity contribution >= 4 is 21.6 Å². The standard InChI is InChI=1S/C23H25N3O3S/c1-17-7-6-8-18(2)22(17)26(30(3,28)29)16-19-10-12-20(13-11-19)23(27)25-15-21-9-4-5-14-24-21/h4-14H,15-16H2,1-3H3,(H,25,27). The van der Waals surface area contributed by atoms with E-state index in [9.17, 15) is 13.2 Å². The highest BCUT2D eigenvalue weighted by atomic mass is 32.2. The lowest BCUT2D eigenvalue weighted by Crippen LogP contribution is -2.30. The third-order valence-corrected chi connectivity index (χ3v) is 5.90. The van der Waals surface area contributed by atoms with Crippen molar-refractivity contribution in [1.29, 1.82) is 0 Å². The van der Waals surface area contributed by atoms with E-state index >= 15 is 0 Å². The Bertz CT molecular complexity index is 1110. The zero-order chi connectivity index (χ0) is 21.7. The number of nitrogens with one attached hydrogen (secondary N) is 1. The van der Waals surface area contributed by atoms with Gasteiger partial charge in [-0.3, -0.25) is 14.1 Å². The summed E-state index contributed by atoms with van der Waals surface area (Å²) in [6.45, 7) is 4.33. The summed E-state index contributed by atoms with van der Waals surface area (Å²) in [5.41, 5.74) is 4.56. The van der Waals surface area contributed by atoms with Crippen LogP contribution in [0.5, 0.6) is 0 Å². The molecule has 3 aromatic rings. The predicted molar refractivity (Wildman–Crippen MR) is 119 cm³/mol. The lowest BCUT2D eigenvalue weighted by molar-refractivity contribution is 0.0950. The van der Waals surface area contributed by atoms with Gasteiger partial charge in [-0.05, 0) is 54.8 Å². The first kappa shape index (κ1) is 21.5. The molecule has 3 rings (SSSR count). The normalized spacial score (nSPS) is 11.2. The summed E-state index contributed by atoms with van der Waals surface area (Å²) in [5.74, 6) is -0.207. The molecule has 0 saturated heterocycles. The van der Waals surface area contributed by atoms with Crippen LogP contribution < -0.4 is 9.62 Å². The second-order valence-electron chi connectivity index (χ2n) is 7.21. The smallest absolute Gasteiger partial charge is 0.251 e. The monoisotopic (exact) mass is 423 g/mol. The first-order valence-corrected chi connectivity index (χ1v) is 11.4. The molecule has 0 aliphatic carbocycles. The molecule has 7 heteroatoms. The summed E-state index contributed by atoms with van der Waals surface area (Å²) >= 11 is 0. The number of aryl methyl sites for hydroxylation is 2. The molecular weight excluding hydrogens is 398 g/mol. The zero-order valence-corrected chi connectivity index (χ0v) is 18.1. The van der Waals surface area contributed by atoms with Gasteiger partial charge in [0.15, 0.2) is 0 Å². The largest absolute Gasteiger partial charge is 0.346 e. The maximum absolute atomic E-state index is 12.5. The van der Waals surface area contributed by atoms with Crippen molar-refractivity contribution in [2.24, 2.45) is 0 Å². The SMILES string of the molecule is Cc1cccc(C)c1N(Cc1ccc(C(=O)NCc2ccccn2)cc1)S(C)(=O)=O. The van der Waals surface area contributed by atoms with Crippen molar-refractivity contribution in [1.82, 2.24) is 10.3 Å². The van der Waals surface area contributed by atoms with Crippen molar-refractivity contribution < 1.29 is 13.2 Å². The molecule has 0 aliphatic rings. The maximum Gasteiger partial charge on any atom is 0.251 e. The molecule has 156 valence electrons. The second kappa shape index (κ2) is 9.09. The van der Waals surface area contributed by atoms with Crippen molar-refractivity contribution in [3.8, 4) is 0 Å². The Balaban J connectivity index is 1.75. The molecule has 0 unspecified atom stereocenters. The Morgan fingerprint density at radius 1 is 0.967 bits per heavy atom. The Kier molecular flexibility index (Phi) is 6.52. The molecule has 0 spiro atoms. The molecular formula is C23H25N3O3S. The van der Waals surface area contributed by atoms with Crippen LogP contribution in [-0.2, 0) is 23.1 Å². The number of carbonyl (C=O) groups excluding carboxylic acids is 1. The summed E-state index contributed by atoms with van der Waals surface area (Å²) in [6.07, 6.45) is 2.89. The lowest BCUT2D eigenvalue weighted by atomic mass is 10.1. The summed E-state index contributed by atoms with van der Waals surface area (Å²) in [4.78, 5) is 16.6. The van der Waals surface area contributed by atoms with Gasteiger partial charge in [0.05, 0.1) is 30.7 Å². The molecule has 1 amide bonds. The fraction of sp³-hybridized carbons (Fsp3) is 0.217. The van der Waals surface area contributed by atoms with Gasteiger partial charge in [-0.15, -0.1) is 0 Å². The van der Waals surface area contributed by atoms with E-state index in [0.29, 0.717) is 17.8 Å². The van der Waals surface area contributed by atoms with Gasteiger partial charge in [0.2, 0.25) is 10.0 Å². The van der Waals surface area contributed by atoms with Gasteiger partial charge in [-0.1, -0.05) is 36.4 Å². The number of benzene rings is 2. The Morgan fingerprint density at radius 3 is 2.20 bits per heavy atom. The molecule has 1 aromatic heterocycles. The van der Waals surface area contributed by atoms with Gasteiger partial charge < -0.3 is 5.32 Å². The molecule has 1 heterocycles. The number of anilines is 1. The maximum atomic E-state index is 12.5. The van der Waals surface area contributed by atoms with Crippen LogP contribution in [0.3, 0.4) is 0 Å². The molecule has 6 nitrogen and oxygen atoms in total. The highest BCUT2D eigenvalue weighted by Crippen LogP contribution is 2.28. The van der Waals surface area contributed by atoms with Crippen LogP contribution in [0, 0.1) is 13.8 Å². The molecule has 0 radical (unpaired) electrons. The first-order valence-electron chi connectivity index (χ1n) is 9.56. The predicted octanol–water partition coefficient (Wildman–Crippen LogP) is 3.59. The van der Waals surface area contributed by atoms with Crippen LogP contribution in [-0.4, -0.2) is 25.6 Å². The molecule has 0 atom stereocenters. The number of sulfonamides is 1. The van der Waals surface area contributed by atoms with Gasteiger partial charge in [0.25, 0.3) is 5.91 Å². The third kappa shape index (κ3) is 5.24. The fourth-order valence-electron chi connectivity index (χ4n) is 3.26. The van der Waals surface area contributed by atoms with E-state index in [1.165, 1.54) is 10.6 Å². The van der Waals surface area contributed by atoms with Crippen LogP contribution in [0.1, 0.15) is 32.7 Å². The van der Waals surface area contributed by atoms with E-state index in [0.717, 1.165) is 22.4 Å². The van der Waals surface area contributed by atoms with Crippen LogP contribution >= 0.6 is 0 Å². The van der Waals surface area contributed by atoms with Crippen LogP contribution in [0.15, 0.2) is 66.9 Å². The minimum Gasteiger partial charge on any atom is -0.346 e. The molecule has 0 aliphatic heterocycles. The molecule has 1 N–H and O–H groups in total. The highest BCUT2D eigenvalue weighted by Gasteiger charge is 2.21. The molecule has 2 aromatic carbocycles. The number of nitrogens with zero attached hydrogens (tertiary/aromatic N) is 2. The van der Waals surface area contributed by atoms with E-state index in [-0.39, 0.29) is 12.5 Å². The Labute approximate surface area is 177 Å². The number of carbonyl (C=O) groups is 1. The van der Waals surface area contributed by atoms with Gasteiger partial charge in [-0.25, -0.2) is 8.42 Å². The van der Waals surface area contributed by atoms with E-state index in [4.69, 9.17) is 0 Å². The Morgan fingerprint density at radius 2 is 1.63 bits per heavy atom.